The number of H-pyrrole nitrogens is 1. The number of carbonyl (C=O) groups is 1. The van der Waals surface area contributed by atoms with Crippen molar-refractivity contribution in [1.82, 2.24) is 25.3 Å². The molecule has 3 aromatic heterocycles. The second-order valence-corrected chi connectivity index (χ2v) is 8.15. The summed E-state index contributed by atoms with van der Waals surface area (Å²) in [6.45, 7) is 2.52. The van der Waals surface area contributed by atoms with Gasteiger partial charge in [-0.25, -0.2) is 4.39 Å². The van der Waals surface area contributed by atoms with E-state index in [-0.39, 0.29) is 11.7 Å². The van der Waals surface area contributed by atoms with E-state index in [1.165, 1.54) is 12.1 Å². The lowest BCUT2D eigenvalue weighted by Crippen LogP contribution is -2.49. The molecule has 4 heterocycles. The number of piperazine rings is 1. The predicted molar refractivity (Wildman–Crippen MR) is 117 cm³/mol. The zero-order valence-electron chi connectivity index (χ0n) is 16.5. The SMILES string of the molecule is O=C(c1cc(-c2ccc(F)cc2)n[nH]1)N1CCN(c2ccc(-c3cccs3)nn2)CC1. The van der Waals surface area contributed by atoms with Gasteiger partial charge >= 0.3 is 0 Å². The number of nitrogens with zero attached hydrogens (tertiary/aromatic N) is 5. The number of aromatic nitrogens is 4. The molecule has 1 aliphatic heterocycles. The molecule has 1 fully saturated rings. The lowest BCUT2D eigenvalue weighted by molar-refractivity contribution is 0.0740. The number of anilines is 1. The van der Waals surface area contributed by atoms with Gasteiger partial charge in [-0.2, -0.15) is 5.10 Å². The molecule has 1 saturated heterocycles. The Morgan fingerprint density at radius 3 is 2.45 bits per heavy atom. The summed E-state index contributed by atoms with van der Waals surface area (Å²) in [5, 5.41) is 17.7. The maximum atomic E-state index is 13.1. The topological polar surface area (TPSA) is 78.0 Å². The van der Waals surface area contributed by atoms with Crippen molar-refractivity contribution in [2.45, 2.75) is 0 Å². The van der Waals surface area contributed by atoms with Gasteiger partial charge in [-0.1, -0.05) is 6.07 Å². The molecule has 1 N–H and O–H groups in total. The molecule has 0 radical (unpaired) electrons. The summed E-state index contributed by atoms with van der Waals surface area (Å²) in [6.07, 6.45) is 0. The third-order valence-corrected chi connectivity index (χ3v) is 6.16. The Bertz CT molecular complexity index is 1170. The molecule has 0 spiro atoms. The number of benzene rings is 1. The maximum absolute atomic E-state index is 13.1. The minimum Gasteiger partial charge on any atom is -0.352 e. The summed E-state index contributed by atoms with van der Waals surface area (Å²) in [5.41, 5.74) is 2.66. The minimum absolute atomic E-state index is 0.0976. The van der Waals surface area contributed by atoms with E-state index in [0.717, 1.165) is 22.0 Å². The van der Waals surface area contributed by atoms with E-state index in [1.54, 1.807) is 34.4 Å². The van der Waals surface area contributed by atoms with Crippen molar-refractivity contribution >= 4 is 23.1 Å². The van der Waals surface area contributed by atoms with E-state index in [0.29, 0.717) is 37.6 Å². The Hall–Kier alpha value is -3.59. The van der Waals surface area contributed by atoms with Gasteiger partial charge in [0.05, 0.1) is 10.6 Å². The van der Waals surface area contributed by atoms with Crippen molar-refractivity contribution in [3.8, 4) is 21.8 Å². The first-order chi connectivity index (χ1) is 15.2. The third-order valence-electron chi connectivity index (χ3n) is 5.26. The van der Waals surface area contributed by atoms with Crippen LogP contribution in [-0.4, -0.2) is 57.4 Å². The van der Waals surface area contributed by atoms with Gasteiger partial charge in [-0.3, -0.25) is 9.89 Å². The number of halogens is 1. The van der Waals surface area contributed by atoms with Crippen LogP contribution in [0.4, 0.5) is 10.2 Å². The predicted octanol–water partition coefficient (Wildman–Crippen LogP) is 3.70. The second kappa shape index (κ2) is 8.27. The average molecular weight is 435 g/mol. The average Bonchev–Trinajstić information content (AvgIpc) is 3.52. The number of nitrogens with one attached hydrogen (secondary N) is 1. The number of hydrogen-bond donors (Lipinski definition) is 1. The quantitative estimate of drug-likeness (QED) is 0.530. The largest absolute Gasteiger partial charge is 0.352 e. The fourth-order valence-electron chi connectivity index (χ4n) is 3.56. The fraction of sp³-hybridized carbons (Fsp3) is 0.182. The number of thiophene rings is 1. The third kappa shape index (κ3) is 4.04. The molecule has 0 unspecified atom stereocenters. The highest BCUT2D eigenvalue weighted by Crippen LogP contribution is 2.24. The number of rotatable bonds is 4. The Labute approximate surface area is 182 Å². The number of aromatic amines is 1. The molecular weight excluding hydrogens is 415 g/mol. The molecule has 0 atom stereocenters. The van der Waals surface area contributed by atoms with Crippen molar-refractivity contribution in [2.24, 2.45) is 0 Å². The summed E-state index contributed by atoms with van der Waals surface area (Å²) >= 11 is 1.63. The van der Waals surface area contributed by atoms with Gasteiger partial charge in [0.15, 0.2) is 5.82 Å². The first kappa shape index (κ1) is 19.4. The molecular formula is C22H19FN6OS. The van der Waals surface area contributed by atoms with Crippen molar-refractivity contribution in [3.05, 3.63) is 71.5 Å². The molecule has 1 amide bonds. The van der Waals surface area contributed by atoms with E-state index in [9.17, 15) is 9.18 Å². The maximum Gasteiger partial charge on any atom is 0.272 e. The second-order valence-electron chi connectivity index (χ2n) is 7.21. The first-order valence-electron chi connectivity index (χ1n) is 9.90. The van der Waals surface area contributed by atoms with Crippen LogP contribution in [0.25, 0.3) is 21.8 Å². The van der Waals surface area contributed by atoms with Crippen molar-refractivity contribution in [1.29, 1.82) is 0 Å². The van der Waals surface area contributed by atoms with E-state index >= 15 is 0 Å². The Morgan fingerprint density at radius 1 is 0.968 bits per heavy atom. The van der Waals surface area contributed by atoms with Crippen molar-refractivity contribution in [3.63, 3.8) is 0 Å². The van der Waals surface area contributed by atoms with Crippen LogP contribution >= 0.6 is 11.3 Å². The van der Waals surface area contributed by atoms with Crippen LogP contribution in [0.1, 0.15) is 10.5 Å². The molecule has 1 aliphatic rings. The van der Waals surface area contributed by atoms with Gasteiger partial charge in [0, 0.05) is 31.7 Å². The molecule has 31 heavy (non-hydrogen) atoms. The number of carbonyl (C=O) groups excluding carboxylic acids is 1. The van der Waals surface area contributed by atoms with Crippen LogP contribution in [0.5, 0.6) is 0 Å². The zero-order chi connectivity index (χ0) is 21.2. The van der Waals surface area contributed by atoms with Gasteiger partial charge in [0.2, 0.25) is 0 Å². The van der Waals surface area contributed by atoms with Crippen molar-refractivity contribution in [2.75, 3.05) is 31.1 Å². The normalized spacial score (nSPS) is 14.1. The number of amides is 1. The Morgan fingerprint density at radius 2 is 1.77 bits per heavy atom. The summed E-state index contributed by atoms with van der Waals surface area (Å²) in [6, 6.07) is 15.7. The van der Waals surface area contributed by atoms with Gasteiger partial charge in [-0.15, -0.1) is 21.5 Å². The molecule has 0 saturated carbocycles. The monoisotopic (exact) mass is 434 g/mol. The Balaban J connectivity index is 1.21. The van der Waals surface area contributed by atoms with Crippen LogP contribution < -0.4 is 4.90 Å². The molecule has 4 aromatic rings. The number of hydrogen-bond acceptors (Lipinski definition) is 6. The van der Waals surface area contributed by atoms with Gasteiger partial charge in [0.25, 0.3) is 5.91 Å². The van der Waals surface area contributed by atoms with E-state index in [4.69, 9.17) is 0 Å². The molecule has 0 bridgehead atoms. The minimum atomic E-state index is -0.306. The van der Waals surface area contributed by atoms with E-state index in [1.807, 2.05) is 29.6 Å². The highest BCUT2D eigenvalue weighted by molar-refractivity contribution is 7.13. The summed E-state index contributed by atoms with van der Waals surface area (Å²) in [7, 11) is 0. The van der Waals surface area contributed by atoms with Crippen LogP contribution in [0.3, 0.4) is 0 Å². The summed E-state index contributed by atoms with van der Waals surface area (Å²) in [5.74, 6) is 0.409. The highest BCUT2D eigenvalue weighted by atomic mass is 32.1. The van der Waals surface area contributed by atoms with E-state index in [2.05, 4.69) is 25.3 Å². The molecule has 5 rings (SSSR count). The molecule has 7 nitrogen and oxygen atoms in total. The first-order valence-corrected chi connectivity index (χ1v) is 10.8. The smallest absolute Gasteiger partial charge is 0.272 e. The molecule has 0 aliphatic carbocycles. The zero-order valence-corrected chi connectivity index (χ0v) is 17.3. The highest BCUT2D eigenvalue weighted by Gasteiger charge is 2.24. The summed E-state index contributed by atoms with van der Waals surface area (Å²) < 4.78 is 13.1. The van der Waals surface area contributed by atoms with Gasteiger partial charge in [0.1, 0.15) is 17.2 Å². The lowest BCUT2D eigenvalue weighted by atomic mass is 10.1. The van der Waals surface area contributed by atoms with Crippen LogP contribution in [0.2, 0.25) is 0 Å². The lowest BCUT2D eigenvalue weighted by Gasteiger charge is -2.34. The summed E-state index contributed by atoms with van der Waals surface area (Å²) in [4.78, 5) is 17.9. The standard InChI is InChI=1S/C22H19FN6OS/c23-16-5-3-15(4-6-16)18-14-19(26-25-18)22(30)29-11-9-28(10-12-29)21-8-7-17(24-27-21)20-2-1-13-31-20/h1-8,13-14H,9-12H2,(H,25,26). The van der Waals surface area contributed by atoms with Gasteiger partial charge in [-0.05, 0) is 53.9 Å². The molecule has 156 valence electrons. The van der Waals surface area contributed by atoms with Gasteiger partial charge < -0.3 is 9.80 Å². The van der Waals surface area contributed by atoms with Crippen molar-refractivity contribution < 1.29 is 9.18 Å². The molecule has 1 aromatic carbocycles. The van der Waals surface area contributed by atoms with E-state index < -0.39 is 0 Å². The fourth-order valence-corrected chi connectivity index (χ4v) is 4.25. The Kier molecular flexibility index (Phi) is 5.17. The van der Waals surface area contributed by atoms with Crippen LogP contribution in [0.15, 0.2) is 60.0 Å². The molecule has 9 heteroatoms. The van der Waals surface area contributed by atoms with Crippen LogP contribution in [0, 0.1) is 5.82 Å². The van der Waals surface area contributed by atoms with Crippen LogP contribution in [-0.2, 0) is 0 Å².